The van der Waals surface area contributed by atoms with E-state index < -0.39 is 6.10 Å². The highest BCUT2D eigenvalue weighted by molar-refractivity contribution is 5.76. The molecule has 3 heteroatoms. The third-order valence-electron chi connectivity index (χ3n) is 5.02. The molecule has 2 atom stereocenters. The largest absolute Gasteiger partial charge is 0.390 e. The number of nitrogens with one attached hydrogen (secondary N) is 1. The van der Waals surface area contributed by atoms with Crippen LogP contribution in [-0.2, 0) is 11.2 Å². The molecule has 0 unspecified atom stereocenters. The Morgan fingerprint density at radius 3 is 2.76 bits per heavy atom. The Morgan fingerprint density at radius 2 is 1.95 bits per heavy atom. The van der Waals surface area contributed by atoms with Gasteiger partial charge in [0, 0.05) is 12.8 Å². The van der Waals surface area contributed by atoms with E-state index in [0.29, 0.717) is 12.8 Å². The fraction of sp³-hybridized carbons (Fsp3) is 0.611. The van der Waals surface area contributed by atoms with E-state index in [4.69, 9.17) is 0 Å². The van der Waals surface area contributed by atoms with Gasteiger partial charge in [-0.2, -0.15) is 0 Å². The summed E-state index contributed by atoms with van der Waals surface area (Å²) in [6.07, 6.45) is 8.30. The van der Waals surface area contributed by atoms with Crippen LogP contribution in [0.25, 0.3) is 0 Å². The topological polar surface area (TPSA) is 49.3 Å². The van der Waals surface area contributed by atoms with Crippen LogP contribution in [0, 0.1) is 5.92 Å². The number of benzene rings is 1. The number of carbonyl (C=O) groups excluding carboxylic acids is 1. The number of amides is 1. The van der Waals surface area contributed by atoms with Crippen LogP contribution in [0.1, 0.15) is 62.1 Å². The maximum absolute atomic E-state index is 12.2. The second kappa shape index (κ2) is 6.61. The summed E-state index contributed by atoms with van der Waals surface area (Å²) in [4.78, 5) is 12.2. The van der Waals surface area contributed by atoms with E-state index in [9.17, 15) is 9.90 Å². The average molecular weight is 287 g/mol. The summed E-state index contributed by atoms with van der Waals surface area (Å²) in [6, 6.07) is 7.78. The SMILES string of the molecule is O=C(CCC1CCCCC1)N[C@H]1c2ccccc2C[C@H]1O. The van der Waals surface area contributed by atoms with Crippen LogP contribution in [0.15, 0.2) is 24.3 Å². The molecular formula is C18H25NO2. The van der Waals surface area contributed by atoms with Crippen LogP contribution < -0.4 is 5.32 Å². The van der Waals surface area contributed by atoms with Gasteiger partial charge in [-0.25, -0.2) is 0 Å². The first-order valence-corrected chi connectivity index (χ1v) is 8.29. The molecule has 0 aromatic heterocycles. The van der Waals surface area contributed by atoms with Crippen LogP contribution in [-0.4, -0.2) is 17.1 Å². The van der Waals surface area contributed by atoms with Gasteiger partial charge in [0.1, 0.15) is 0 Å². The molecule has 1 aromatic carbocycles. The fourth-order valence-corrected chi connectivity index (χ4v) is 3.80. The van der Waals surface area contributed by atoms with Crippen molar-refractivity contribution < 1.29 is 9.90 Å². The zero-order valence-electron chi connectivity index (χ0n) is 12.6. The first-order chi connectivity index (χ1) is 10.2. The molecule has 0 bridgehead atoms. The van der Waals surface area contributed by atoms with Crippen LogP contribution in [0.3, 0.4) is 0 Å². The normalized spacial score (nSPS) is 25.6. The Kier molecular flexibility index (Phi) is 4.59. The lowest BCUT2D eigenvalue weighted by Crippen LogP contribution is -2.34. The van der Waals surface area contributed by atoms with Crippen molar-refractivity contribution in [2.45, 2.75) is 63.5 Å². The predicted molar refractivity (Wildman–Crippen MR) is 82.8 cm³/mol. The van der Waals surface area contributed by atoms with Crippen molar-refractivity contribution >= 4 is 5.91 Å². The zero-order chi connectivity index (χ0) is 14.7. The second-order valence-electron chi connectivity index (χ2n) is 6.56. The maximum atomic E-state index is 12.2. The number of carbonyl (C=O) groups is 1. The summed E-state index contributed by atoms with van der Waals surface area (Å²) in [5.41, 5.74) is 2.23. The summed E-state index contributed by atoms with van der Waals surface area (Å²) in [5, 5.41) is 13.2. The molecule has 2 aliphatic carbocycles. The molecule has 3 rings (SSSR count). The molecule has 1 aromatic rings. The van der Waals surface area contributed by atoms with E-state index in [-0.39, 0.29) is 11.9 Å². The Labute approximate surface area is 126 Å². The monoisotopic (exact) mass is 287 g/mol. The third kappa shape index (κ3) is 3.46. The number of hydrogen-bond acceptors (Lipinski definition) is 2. The fourth-order valence-electron chi connectivity index (χ4n) is 3.80. The molecule has 114 valence electrons. The van der Waals surface area contributed by atoms with Crippen LogP contribution in [0.5, 0.6) is 0 Å². The number of hydrogen-bond donors (Lipinski definition) is 2. The van der Waals surface area contributed by atoms with E-state index >= 15 is 0 Å². The van der Waals surface area contributed by atoms with Crippen LogP contribution in [0.4, 0.5) is 0 Å². The van der Waals surface area contributed by atoms with Crippen molar-refractivity contribution in [2.75, 3.05) is 0 Å². The highest BCUT2D eigenvalue weighted by atomic mass is 16.3. The van der Waals surface area contributed by atoms with Crippen molar-refractivity contribution in [3.63, 3.8) is 0 Å². The predicted octanol–water partition coefficient (Wildman–Crippen LogP) is 3.12. The Morgan fingerprint density at radius 1 is 1.19 bits per heavy atom. The minimum atomic E-state index is -0.485. The van der Waals surface area contributed by atoms with Crippen molar-refractivity contribution in [1.82, 2.24) is 5.32 Å². The second-order valence-corrected chi connectivity index (χ2v) is 6.56. The van der Waals surface area contributed by atoms with Gasteiger partial charge in [-0.3, -0.25) is 4.79 Å². The molecule has 2 aliphatic rings. The molecule has 1 saturated carbocycles. The van der Waals surface area contributed by atoms with Crippen molar-refractivity contribution in [3.05, 3.63) is 35.4 Å². The number of aliphatic hydroxyl groups excluding tert-OH is 1. The minimum absolute atomic E-state index is 0.0846. The quantitative estimate of drug-likeness (QED) is 0.894. The maximum Gasteiger partial charge on any atom is 0.220 e. The molecule has 0 heterocycles. The molecular weight excluding hydrogens is 262 g/mol. The highest BCUT2D eigenvalue weighted by Gasteiger charge is 2.31. The summed E-state index contributed by atoms with van der Waals surface area (Å²) >= 11 is 0. The smallest absolute Gasteiger partial charge is 0.220 e. The minimum Gasteiger partial charge on any atom is -0.390 e. The van der Waals surface area contributed by atoms with E-state index in [0.717, 1.165) is 23.5 Å². The first kappa shape index (κ1) is 14.6. The zero-order valence-corrected chi connectivity index (χ0v) is 12.6. The van der Waals surface area contributed by atoms with Gasteiger partial charge >= 0.3 is 0 Å². The summed E-state index contributed by atoms with van der Waals surface area (Å²) in [6.45, 7) is 0. The third-order valence-corrected chi connectivity index (χ3v) is 5.02. The molecule has 0 aliphatic heterocycles. The van der Waals surface area contributed by atoms with Gasteiger partial charge < -0.3 is 10.4 Å². The van der Waals surface area contributed by atoms with Crippen molar-refractivity contribution in [1.29, 1.82) is 0 Å². The van der Waals surface area contributed by atoms with Crippen LogP contribution in [0.2, 0.25) is 0 Å². The van der Waals surface area contributed by atoms with Gasteiger partial charge in [0.15, 0.2) is 0 Å². The Balaban J connectivity index is 1.52. The molecule has 3 nitrogen and oxygen atoms in total. The van der Waals surface area contributed by atoms with Gasteiger partial charge in [0.2, 0.25) is 5.91 Å². The standard InChI is InChI=1S/C18H25NO2/c20-16-12-14-8-4-5-9-15(14)18(16)19-17(21)11-10-13-6-2-1-3-7-13/h4-5,8-9,13,16,18,20H,1-3,6-7,10-12H2,(H,19,21)/t16-,18+/m1/s1. The van der Waals surface area contributed by atoms with Gasteiger partial charge in [-0.05, 0) is 23.5 Å². The summed E-state index contributed by atoms with van der Waals surface area (Å²) in [7, 11) is 0. The van der Waals surface area contributed by atoms with E-state index in [1.54, 1.807) is 0 Å². The highest BCUT2D eigenvalue weighted by Crippen LogP contribution is 2.32. The van der Waals surface area contributed by atoms with Gasteiger partial charge in [-0.15, -0.1) is 0 Å². The summed E-state index contributed by atoms with van der Waals surface area (Å²) in [5.74, 6) is 0.812. The molecule has 0 spiro atoms. The first-order valence-electron chi connectivity index (χ1n) is 8.29. The molecule has 0 radical (unpaired) electrons. The average Bonchev–Trinajstić information content (AvgIpc) is 2.82. The number of aliphatic hydroxyl groups is 1. The Bertz CT molecular complexity index is 494. The lowest BCUT2D eigenvalue weighted by molar-refractivity contribution is -0.123. The molecule has 0 saturated heterocycles. The number of fused-ring (bicyclic) bond motifs is 1. The van der Waals surface area contributed by atoms with Gasteiger partial charge in [-0.1, -0.05) is 56.4 Å². The van der Waals surface area contributed by atoms with E-state index in [2.05, 4.69) is 5.32 Å². The molecule has 2 N–H and O–H groups in total. The van der Waals surface area contributed by atoms with Gasteiger partial charge in [0.05, 0.1) is 12.1 Å². The molecule has 1 amide bonds. The lowest BCUT2D eigenvalue weighted by Gasteiger charge is -2.22. The number of rotatable bonds is 4. The van der Waals surface area contributed by atoms with Crippen molar-refractivity contribution in [3.8, 4) is 0 Å². The van der Waals surface area contributed by atoms with Gasteiger partial charge in [0.25, 0.3) is 0 Å². The van der Waals surface area contributed by atoms with Crippen LogP contribution >= 0.6 is 0 Å². The molecule has 1 fully saturated rings. The molecule has 21 heavy (non-hydrogen) atoms. The Hall–Kier alpha value is -1.35. The lowest BCUT2D eigenvalue weighted by atomic mass is 9.86. The van der Waals surface area contributed by atoms with E-state index in [1.807, 2.05) is 24.3 Å². The summed E-state index contributed by atoms with van der Waals surface area (Å²) < 4.78 is 0. The van der Waals surface area contributed by atoms with Crippen molar-refractivity contribution in [2.24, 2.45) is 5.92 Å². The van der Waals surface area contributed by atoms with E-state index in [1.165, 1.54) is 32.1 Å².